The first-order valence-corrected chi connectivity index (χ1v) is 13.2. The summed E-state index contributed by atoms with van der Waals surface area (Å²) < 4.78 is 30.4. The minimum atomic E-state index is -0.528. The normalized spacial score (nSPS) is 19.1. The predicted molar refractivity (Wildman–Crippen MR) is 148 cm³/mol. The summed E-state index contributed by atoms with van der Waals surface area (Å²) >= 11 is 5.94. The molecule has 10 nitrogen and oxygen atoms in total. The average Bonchev–Trinajstić information content (AvgIpc) is 3.42. The molecule has 1 amide bonds. The summed E-state index contributed by atoms with van der Waals surface area (Å²) in [5.41, 5.74) is 1.20. The number of morpholine rings is 1. The standard InChI is InChI=1S/C28H29ClFN5O5/c1-28(2)15-39-26(37)13-35(28)8-3-4-25(36)34-23-11-19-22(12-24(23)40-18-7-9-38-14-18)31-16-32-27(19)33-17-5-6-21(30)20(29)10-17/h3-6,10-12,16,18H,7-9,13-15H2,1-2H3,(H,34,36)(H,31,32,33). The van der Waals surface area contributed by atoms with Crippen LogP contribution in [0.5, 0.6) is 5.75 Å². The number of amides is 1. The lowest BCUT2D eigenvalue weighted by Gasteiger charge is -2.40. The third kappa shape index (κ3) is 6.49. The number of nitrogens with zero attached hydrogens (tertiary/aromatic N) is 3. The Hall–Kier alpha value is -3.80. The molecule has 2 saturated heterocycles. The molecule has 5 rings (SSSR count). The van der Waals surface area contributed by atoms with E-state index in [1.807, 2.05) is 18.7 Å². The van der Waals surface area contributed by atoms with E-state index in [-0.39, 0.29) is 41.7 Å². The first-order chi connectivity index (χ1) is 19.2. The Kier molecular flexibility index (Phi) is 8.15. The second kappa shape index (κ2) is 11.7. The van der Waals surface area contributed by atoms with Gasteiger partial charge in [-0.2, -0.15) is 0 Å². The number of hydrogen-bond donors (Lipinski definition) is 2. The number of benzene rings is 2. The molecule has 0 aliphatic carbocycles. The van der Waals surface area contributed by atoms with Crippen molar-refractivity contribution in [3.63, 3.8) is 0 Å². The number of rotatable bonds is 8. The maximum atomic E-state index is 13.6. The molecule has 2 aromatic carbocycles. The van der Waals surface area contributed by atoms with Crippen molar-refractivity contribution < 1.29 is 28.2 Å². The maximum absolute atomic E-state index is 13.6. The van der Waals surface area contributed by atoms with Crippen molar-refractivity contribution in [2.75, 3.05) is 43.5 Å². The largest absolute Gasteiger partial charge is 0.486 e. The summed E-state index contributed by atoms with van der Waals surface area (Å²) in [6.45, 7) is 5.84. The van der Waals surface area contributed by atoms with Gasteiger partial charge in [-0.3, -0.25) is 14.5 Å². The number of cyclic esters (lactones) is 1. The van der Waals surface area contributed by atoms with Crippen LogP contribution in [0.1, 0.15) is 20.3 Å². The molecule has 1 atom stereocenters. The molecule has 210 valence electrons. The molecular weight excluding hydrogens is 541 g/mol. The van der Waals surface area contributed by atoms with Gasteiger partial charge < -0.3 is 24.8 Å². The fraction of sp³-hybridized carbons (Fsp3) is 0.357. The Bertz CT molecular complexity index is 1460. The lowest BCUT2D eigenvalue weighted by molar-refractivity contribution is -0.159. The average molecular weight is 570 g/mol. The molecule has 1 unspecified atom stereocenters. The molecule has 0 bridgehead atoms. The lowest BCUT2D eigenvalue weighted by Crippen LogP contribution is -2.54. The zero-order valence-electron chi connectivity index (χ0n) is 22.1. The minimum absolute atomic E-state index is 0.0256. The van der Waals surface area contributed by atoms with Gasteiger partial charge in [-0.1, -0.05) is 17.7 Å². The molecule has 0 saturated carbocycles. The molecule has 0 radical (unpaired) electrons. The van der Waals surface area contributed by atoms with Crippen molar-refractivity contribution >= 4 is 51.6 Å². The quantitative estimate of drug-likeness (QED) is 0.299. The molecule has 40 heavy (non-hydrogen) atoms. The van der Waals surface area contributed by atoms with Crippen molar-refractivity contribution in [2.24, 2.45) is 0 Å². The number of aromatic nitrogens is 2. The molecule has 2 N–H and O–H groups in total. The zero-order valence-corrected chi connectivity index (χ0v) is 22.8. The molecule has 3 aromatic rings. The van der Waals surface area contributed by atoms with E-state index in [0.717, 1.165) is 6.42 Å². The van der Waals surface area contributed by atoms with Crippen molar-refractivity contribution in [2.45, 2.75) is 31.9 Å². The van der Waals surface area contributed by atoms with Gasteiger partial charge in [-0.05, 0) is 38.1 Å². The van der Waals surface area contributed by atoms with Gasteiger partial charge in [0.25, 0.3) is 0 Å². The van der Waals surface area contributed by atoms with Gasteiger partial charge in [0, 0.05) is 36.2 Å². The highest BCUT2D eigenvalue weighted by Crippen LogP contribution is 2.35. The monoisotopic (exact) mass is 569 g/mol. The lowest BCUT2D eigenvalue weighted by atomic mass is 10.0. The number of esters is 1. The zero-order chi connectivity index (χ0) is 28.3. The number of nitrogens with one attached hydrogen (secondary N) is 2. The van der Waals surface area contributed by atoms with E-state index in [2.05, 4.69) is 20.6 Å². The van der Waals surface area contributed by atoms with Crippen LogP contribution in [0.3, 0.4) is 0 Å². The van der Waals surface area contributed by atoms with E-state index >= 15 is 0 Å². The molecule has 3 heterocycles. The van der Waals surface area contributed by atoms with Gasteiger partial charge in [-0.25, -0.2) is 14.4 Å². The summed E-state index contributed by atoms with van der Waals surface area (Å²) in [5, 5.41) is 6.61. The van der Waals surface area contributed by atoms with Gasteiger partial charge >= 0.3 is 5.97 Å². The van der Waals surface area contributed by atoms with Crippen LogP contribution in [-0.2, 0) is 19.1 Å². The van der Waals surface area contributed by atoms with Gasteiger partial charge in [0.1, 0.15) is 36.4 Å². The Labute approximate surface area is 235 Å². The van der Waals surface area contributed by atoms with Crippen molar-refractivity contribution in [1.82, 2.24) is 14.9 Å². The van der Waals surface area contributed by atoms with Gasteiger partial charge in [0.15, 0.2) is 0 Å². The van der Waals surface area contributed by atoms with Crippen molar-refractivity contribution in [3.8, 4) is 5.75 Å². The topological polar surface area (TPSA) is 115 Å². The van der Waals surface area contributed by atoms with Crippen molar-refractivity contribution in [1.29, 1.82) is 0 Å². The highest BCUT2D eigenvalue weighted by atomic mass is 35.5. The number of carbonyl (C=O) groups is 2. The summed E-state index contributed by atoms with van der Waals surface area (Å²) in [5.74, 6) is -0.311. The molecule has 2 aliphatic rings. The highest BCUT2D eigenvalue weighted by Gasteiger charge is 2.34. The number of hydrogen-bond acceptors (Lipinski definition) is 9. The first-order valence-electron chi connectivity index (χ1n) is 12.8. The smallest absolute Gasteiger partial charge is 0.320 e. The van der Waals surface area contributed by atoms with Crippen LogP contribution in [-0.4, -0.2) is 71.3 Å². The Morgan fingerprint density at radius 1 is 1.30 bits per heavy atom. The van der Waals surface area contributed by atoms with Gasteiger partial charge in [-0.15, -0.1) is 0 Å². The summed E-state index contributed by atoms with van der Waals surface area (Å²) in [6, 6.07) is 7.72. The van der Waals surface area contributed by atoms with Crippen LogP contribution in [0, 0.1) is 5.82 Å². The van der Waals surface area contributed by atoms with E-state index in [4.69, 9.17) is 25.8 Å². The van der Waals surface area contributed by atoms with Crippen LogP contribution in [0.15, 0.2) is 48.8 Å². The fourth-order valence-electron chi connectivity index (χ4n) is 4.41. The maximum Gasteiger partial charge on any atom is 0.320 e. The molecular formula is C28H29ClFN5O5. The van der Waals surface area contributed by atoms with E-state index in [0.29, 0.717) is 53.6 Å². The third-order valence-corrected chi connectivity index (χ3v) is 7.01. The number of anilines is 3. The van der Waals surface area contributed by atoms with Crippen LogP contribution < -0.4 is 15.4 Å². The second-order valence-electron chi connectivity index (χ2n) is 10.2. The summed E-state index contributed by atoms with van der Waals surface area (Å²) in [7, 11) is 0. The molecule has 0 spiro atoms. The number of carbonyl (C=O) groups excluding carboxylic acids is 2. The van der Waals surface area contributed by atoms with E-state index in [1.165, 1.54) is 24.5 Å². The van der Waals surface area contributed by atoms with Crippen LogP contribution in [0.25, 0.3) is 10.9 Å². The van der Waals surface area contributed by atoms with Gasteiger partial charge in [0.05, 0.1) is 41.5 Å². The van der Waals surface area contributed by atoms with E-state index < -0.39 is 5.82 Å². The second-order valence-corrected chi connectivity index (χ2v) is 10.6. The molecule has 1 aromatic heterocycles. The van der Waals surface area contributed by atoms with Crippen LogP contribution in [0.4, 0.5) is 21.6 Å². The number of halogens is 2. The summed E-state index contributed by atoms with van der Waals surface area (Å²) in [4.78, 5) is 35.4. The number of ether oxygens (including phenoxy) is 3. The Morgan fingerprint density at radius 3 is 2.92 bits per heavy atom. The molecule has 2 aliphatic heterocycles. The SMILES string of the molecule is CC1(C)COC(=O)CN1CC=CC(=O)Nc1cc2c(Nc3ccc(F)c(Cl)c3)ncnc2cc1OC1CCOC1. The molecule has 12 heteroatoms. The first kappa shape index (κ1) is 27.8. The van der Waals surface area contributed by atoms with Crippen molar-refractivity contribution in [3.05, 3.63) is 59.7 Å². The minimum Gasteiger partial charge on any atom is -0.486 e. The van der Waals surface area contributed by atoms with E-state index in [9.17, 15) is 14.0 Å². The number of fused-ring (bicyclic) bond motifs is 1. The van der Waals surface area contributed by atoms with E-state index in [1.54, 1.807) is 24.3 Å². The van der Waals surface area contributed by atoms with Gasteiger partial charge in [0.2, 0.25) is 5.91 Å². The Morgan fingerprint density at radius 2 is 2.15 bits per heavy atom. The Balaban J connectivity index is 1.40. The molecule has 2 fully saturated rings. The third-order valence-electron chi connectivity index (χ3n) is 6.72. The van der Waals surface area contributed by atoms with Crippen LogP contribution in [0.2, 0.25) is 5.02 Å². The summed E-state index contributed by atoms with van der Waals surface area (Å²) in [6.07, 6.45) is 5.09. The van der Waals surface area contributed by atoms with Crippen LogP contribution >= 0.6 is 11.6 Å². The highest BCUT2D eigenvalue weighted by molar-refractivity contribution is 6.31. The predicted octanol–water partition coefficient (Wildman–Crippen LogP) is 4.47. The fourth-order valence-corrected chi connectivity index (χ4v) is 4.59.